The van der Waals surface area contributed by atoms with Crippen molar-refractivity contribution in [1.29, 1.82) is 0 Å². The van der Waals surface area contributed by atoms with Crippen molar-refractivity contribution in [3.05, 3.63) is 0 Å². The molecule has 0 atom stereocenters. The van der Waals surface area contributed by atoms with Gasteiger partial charge in [-0.3, -0.25) is 9.59 Å². The van der Waals surface area contributed by atoms with Crippen LogP contribution in [0, 0.1) is 5.92 Å². The summed E-state index contributed by atoms with van der Waals surface area (Å²) in [6.45, 7) is 0. The molecular weight excluding hydrogens is 160 g/mol. The van der Waals surface area contributed by atoms with Crippen molar-refractivity contribution in [1.82, 2.24) is 10.6 Å². The lowest BCUT2D eigenvalue weighted by Gasteiger charge is -2.20. The normalized spacial score (nSPS) is 10.7. The maximum Gasteiger partial charge on any atom is 0.232 e. The third-order valence-electron chi connectivity index (χ3n) is 1.57. The van der Waals surface area contributed by atoms with Crippen LogP contribution in [-0.2, 0) is 9.59 Å². The van der Waals surface area contributed by atoms with Crippen molar-refractivity contribution in [2.75, 3.05) is 14.1 Å². The molecule has 6 heteroatoms. The molecule has 0 aliphatic carbocycles. The van der Waals surface area contributed by atoms with Crippen molar-refractivity contribution in [3.63, 3.8) is 0 Å². The van der Waals surface area contributed by atoms with Gasteiger partial charge in [-0.25, -0.2) is 0 Å². The second-order valence-corrected chi connectivity index (χ2v) is 2.34. The Morgan fingerprint density at radius 3 is 1.50 bits per heavy atom. The average molecular weight is 174 g/mol. The van der Waals surface area contributed by atoms with E-state index in [-0.39, 0.29) is 0 Å². The Balaban J connectivity index is 4.47. The van der Waals surface area contributed by atoms with E-state index < -0.39 is 23.9 Å². The van der Waals surface area contributed by atoms with Gasteiger partial charge in [-0.2, -0.15) is 0 Å². The van der Waals surface area contributed by atoms with E-state index in [0.717, 1.165) is 0 Å². The van der Waals surface area contributed by atoms with Gasteiger partial charge in [-0.1, -0.05) is 0 Å². The van der Waals surface area contributed by atoms with E-state index >= 15 is 0 Å². The summed E-state index contributed by atoms with van der Waals surface area (Å²) in [5, 5.41) is 5.40. The van der Waals surface area contributed by atoms with Crippen molar-refractivity contribution >= 4 is 11.8 Å². The molecule has 6 nitrogen and oxygen atoms in total. The van der Waals surface area contributed by atoms with Gasteiger partial charge >= 0.3 is 0 Å². The Labute approximate surface area is 70.7 Å². The van der Waals surface area contributed by atoms with Crippen LogP contribution in [0.25, 0.3) is 0 Å². The van der Waals surface area contributed by atoms with Gasteiger partial charge in [0.05, 0.1) is 6.17 Å². The largest absolute Gasteiger partial charge is 0.369 e. The van der Waals surface area contributed by atoms with Crippen molar-refractivity contribution in [3.8, 4) is 0 Å². The van der Waals surface area contributed by atoms with E-state index in [9.17, 15) is 9.59 Å². The molecule has 0 fully saturated rings. The first-order valence-corrected chi connectivity index (χ1v) is 3.47. The summed E-state index contributed by atoms with van der Waals surface area (Å²) in [6, 6.07) is 0. The van der Waals surface area contributed by atoms with Crippen LogP contribution in [0.15, 0.2) is 0 Å². The predicted octanol–water partition coefficient (Wildman–Crippen LogP) is -2.66. The van der Waals surface area contributed by atoms with Gasteiger partial charge in [-0.05, 0) is 14.1 Å². The minimum Gasteiger partial charge on any atom is -0.369 e. The summed E-state index contributed by atoms with van der Waals surface area (Å²) in [6.07, 6.45) is -0.514. The van der Waals surface area contributed by atoms with E-state index in [1.54, 1.807) is 14.1 Å². The standard InChI is InChI=1S/C6H14N4O2/c1-9-6(10-2)3(4(7)11)5(8)12/h3,6,9-10H,1-2H3,(H2,7,11)(H2,8,12). The molecule has 0 aromatic rings. The third-order valence-corrected chi connectivity index (χ3v) is 1.57. The van der Waals surface area contributed by atoms with Crippen LogP contribution >= 0.6 is 0 Å². The van der Waals surface area contributed by atoms with Crippen molar-refractivity contribution in [2.24, 2.45) is 17.4 Å². The predicted molar refractivity (Wildman–Crippen MR) is 43.8 cm³/mol. The number of amides is 2. The summed E-state index contributed by atoms with van der Waals surface area (Å²) in [4.78, 5) is 21.5. The van der Waals surface area contributed by atoms with Gasteiger partial charge in [0, 0.05) is 0 Å². The van der Waals surface area contributed by atoms with Crippen LogP contribution < -0.4 is 22.1 Å². The molecule has 12 heavy (non-hydrogen) atoms. The summed E-state index contributed by atoms with van der Waals surface area (Å²) in [7, 11) is 3.19. The number of hydrogen-bond acceptors (Lipinski definition) is 4. The Kier molecular flexibility index (Phi) is 4.24. The summed E-state index contributed by atoms with van der Waals surface area (Å²) in [5.41, 5.74) is 9.94. The lowest BCUT2D eigenvalue weighted by Crippen LogP contribution is -2.54. The minimum atomic E-state index is -1.03. The van der Waals surface area contributed by atoms with E-state index in [0.29, 0.717) is 0 Å². The first kappa shape index (κ1) is 10.9. The number of rotatable bonds is 5. The lowest BCUT2D eigenvalue weighted by molar-refractivity contribution is -0.133. The molecule has 0 spiro atoms. The van der Waals surface area contributed by atoms with Crippen LogP contribution in [0.2, 0.25) is 0 Å². The fraction of sp³-hybridized carbons (Fsp3) is 0.667. The van der Waals surface area contributed by atoms with Crippen LogP contribution in [0.1, 0.15) is 0 Å². The molecule has 0 radical (unpaired) electrons. The van der Waals surface area contributed by atoms with Gasteiger partial charge < -0.3 is 22.1 Å². The molecule has 0 unspecified atom stereocenters. The fourth-order valence-electron chi connectivity index (χ4n) is 0.946. The molecule has 6 N–H and O–H groups in total. The summed E-state index contributed by atoms with van der Waals surface area (Å²) in [5.74, 6) is -2.51. The topological polar surface area (TPSA) is 110 Å². The SMILES string of the molecule is CNC(NC)C(C(N)=O)C(N)=O. The Bertz CT molecular complexity index is 164. The molecule has 0 bridgehead atoms. The van der Waals surface area contributed by atoms with Crippen molar-refractivity contribution < 1.29 is 9.59 Å². The van der Waals surface area contributed by atoms with Crippen LogP contribution in [0.5, 0.6) is 0 Å². The molecular formula is C6H14N4O2. The average Bonchev–Trinajstić information content (AvgIpc) is 1.98. The molecule has 2 amide bonds. The highest BCUT2D eigenvalue weighted by atomic mass is 16.2. The summed E-state index contributed by atoms with van der Waals surface area (Å²) < 4.78 is 0. The number of carbonyl (C=O) groups is 2. The maximum atomic E-state index is 10.7. The molecule has 0 aliphatic heterocycles. The second-order valence-electron chi connectivity index (χ2n) is 2.34. The smallest absolute Gasteiger partial charge is 0.232 e. The van der Waals surface area contributed by atoms with Crippen LogP contribution in [0.3, 0.4) is 0 Å². The van der Waals surface area contributed by atoms with E-state index in [2.05, 4.69) is 10.6 Å². The molecule has 0 rings (SSSR count). The number of primary amides is 2. The van der Waals surface area contributed by atoms with E-state index in [4.69, 9.17) is 11.5 Å². The molecule has 0 saturated heterocycles. The first-order valence-electron chi connectivity index (χ1n) is 3.47. The third kappa shape index (κ3) is 2.48. The minimum absolute atomic E-state index is 0.514. The molecule has 0 saturated carbocycles. The number of hydrogen-bond donors (Lipinski definition) is 4. The van der Waals surface area contributed by atoms with E-state index in [1.165, 1.54) is 0 Å². The zero-order valence-electron chi connectivity index (χ0n) is 7.13. The molecule has 0 aromatic heterocycles. The van der Waals surface area contributed by atoms with Crippen LogP contribution in [0.4, 0.5) is 0 Å². The van der Waals surface area contributed by atoms with E-state index in [1.807, 2.05) is 0 Å². The number of nitrogens with two attached hydrogens (primary N) is 2. The molecule has 70 valence electrons. The second kappa shape index (κ2) is 4.68. The highest BCUT2D eigenvalue weighted by Crippen LogP contribution is 1.98. The number of carbonyl (C=O) groups excluding carboxylic acids is 2. The Morgan fingerprint density at radius 1 is 1.08 bits per heavy atom. The Hall–Kier alpha value is -1.14. The Morgan fingerprint density at radius 2 is 1.42 bits per heavy atom. The summed E-state index contributed by atoms with van der Waals surface area (Å²) >= 11 is 0. The number of nitrogens with one attached hydrogen (secondary N) is 2. The monoisotopic (exact) mass is 174 g/mol. The van der Waals surface area contributed by atoms with Gasteiger partial charge in [0.1, 0.15) is 5.92 Å². The molecule has 0 aromatic carbocycles. The van der Waals surface area contributed by atoms with Gasteiger partial charge in [-0.15, -0.1) is 0 Å². The fourth-order valence-corrected chi connectivity index (χ4v) is 0.946. The van der Waals surface area contributed by atoms with Gasteiger partial charge in [0.25, 0.3) is 0 Å². The van der Waals surface area contributed by atoms with Crippen LogP contribution in [-0.4, -0.2) is 32.1 Å². The highest BCUT2D eigenvalue weighted by Gasteiger charge is 2.29. The maximum absolute atomic E-state index is 10.7. The quantitative estimate of drug-likeness (QED) is 0.269. The van der Waals surface area contributed by atoms with Crippen molar-refractivity contribution in [2.45, 2.75) is 6.17 Å². The molecule has 0 aliphatic rings. The van der Waals surface area contributed by atoms with Gasteiger partial charge in [0.15, 0.2) is 0 Å². The molecule has 0 heterocycles. The zero-order chi connectivity index (χ0) is 9.72. The highest BCUT2D eigenvalue weighted by molar-refractivity contribution is 5.99. The zero-order valence-corrected chi connectivity index (χ0v) is 7.13. The lowest BCUT2D eigenvalue weighted by atomic mass is 10.1. The van der Waals surface area contributed by atoms with Gasteiger partial charge in [0.2, 0.25) is 11.8 Å². The first-order chi connectivity index (χ1) is 5.54.